The van der Waals surface area contributed by atoms with Crippen LogP contribution in [0.1, 0.15) is 37.0 Å². The second kappa shape index (κ2) is 9.85. The van der Waals surface area contributed by atoms with Crippen molar-refractivity contribution < 1.29 is 36.9 Å². The molecule has 2 aromatic rings. The average Bonchev–Trinajstić information content (AvgIpc) is 3.21. The summed E-state index contributed by atoms with van der Waals surface area (Å²) in [5.41, 5.74) is 0.916. The van der Waals surface area contributed by atoms with Crippen LogP contribution in [-0.4, -0.2) is 47.0 Å². The van der Waals surface area contributed by atoms with Crippen LogP contribution in [0.3, 0.4) is 0 Å². The van der Waals surface area contributed by atoms with Gasteiger partial charge in [-0.25, -0.2) is 4.79 Å². The van der Waals surface area contributed by atoms with Crippen LogP contribution in [0.5, 0.6) is 0 Å². The van der Waals surface area contributed by atoms with Crippen molar-refractivity contribution in [3.8, 4) is 11.4 Å². The lowest BCUT2D eigenvalue weighted by Gasteiger charge is -2.10. The fraction of sp³-hybridized carbons (Fsp3) is 0.389. The van der Waals surface area contributed by atoms with E-state index in [4.69, 9.17) is 9.57 Å². The highest BCUT2D eigenvalue weighted by Crippen LogP contribution is 2.29. The van der Waals surface area contributed by atoms with Gasteiger partial charge < -0.3 is 19.4 Å². The molecule has 0 unspecified atom stereocenters. The molecule has 162 valence electrons. The number of hydrogen-bond acceptors (Lipinski definition) is 8. The molecular formula is C18H19F3N4O5. The number of amides is 1. The van der Waals surface area contributed by atoms with E-state index >= 15 is 0 Å². The highest BCUT2D eigenvalue weighted by atomic mass is 19.4. The van der Waals surface area contributed by atoms with Crippen molar-refractivity contribution in [1.29, 1.82) is 0 Å². The first kappa shape index (κ1) is 22.8. The van der Waals surface area contributed by atoms with E-state index in [0.29, 0.717) is 5.71 Å². The van der Waals surface area contributed by atoms with E-state index in [1.54, 1.807) is 13.8 Å². The summed E-state index contributed by atoms with van der Waals surface area (Å²) in [7, 11) is 0. The topological polar surface area (TPSA) is 116 Å². The largest absolute Gasteiger partial charge is 0.471 e. The fourth-order valence-electron chi connectivity index (χ4n) is 2.04. The minimum atomic E-state index is -4.73. The minimum Gasteiger partial charge on any atom is -0.463 e. The van der Waals surface area contributed by atoms with Crippen LogP contribution < -0.4 is 5.32 Å². The van der Waals surface area contributed by atoms with Gasteiger partial charge >= 0.3 is 18.0 Å². The number of hydrogen-bond donors (Lipinski definition) is 1. The van der Waals surface area contributed by atoms with Gasteiger partial charge in [-0.1, -0.05) is 22.4 Å². The highest BCUT2D eigenvalue weighted by molar-refractivity contribution is 5.97. The number of alkyl halides is 3. The molecule has 0 bridgehead atoms. The molecule has 0 fully saturated rings. The van der Waals surface area contributed by atoms with Crippen molar-refractivity contribution >= 4 is 17.6 Å². The van der Waals surface area contributed by atoms with Gasteiger partial charge in [0.15, 0.2) is 0 Å². The number of carbonyl (C=O) groups excluding carboxylic acids is 2. The van der Waals surface area contributed by atoms with Crippen LogP contribution in [0.25, 0.3) is 11.4 Å². The van der Waals surface area contributed by atoms with E-state index in [9.17, 15) is 22.8 Å². The van der Waals surface area contributed by atoms with Gasteiger partial charge in [-0.15, -0.1) is 0 Å². The molecule has 1 aromatic heterocycles. The summed E-state index contributed by atoms with van der Waals surface area (Å²) >= 11 is 0. The normalized spacial score (nSPS) is 12.9. The predicted molar refractivity (Wildman–Crippen MR) is 97.4 cm³/mol. The first-order valence-electron chi connectivity index (χ1n) is 8.77. The van der Waals surface area contributed by atoms with Gasteiger partial charge in [0.05, 0.1) is 18.9 Å². The number of aromatic nitrogens is 2. The Labute approximate surface area is 169 Å². The van der Waals surface area contributed by atoms with Crippen LogP contribution >= 0.6 is 0 Å². The number of benzene rings is 1. The van der Waals surface area contributed by atoms with Gasteiger partial charge in [0, 0.05) is 11.1 Å². The van der Waals surface area contributed by atoms with E-state index in [-0.39, 0.29) is 30.1 Å². The van der Waals surface area contributed by atoms with E-state index in [1.807, 2.05) is 0 Å². The predicted octanol–water partition coefficient (Wildman–Crippen LogP) is 2.83. The Morgan fingerprint density at radius 2 is 1.93 bits per heavy atom. The Kier molecular flexibility index (Phi) is 7.50. The smallest absolute Gasteiger partial charge is 0.463 e. The number of rotatable bonds is 8. The van der Waals surface area contributed by atoms with Gasteiger partial charge in [0.1, 0.15) is 0 Å². The summed E-state index contributed by atoms with van der Waals surface area (Å²) in [6, 6.07) is 5.59. The zero-order chi connectivity index (χ0) is 22.3. The molecule has 0 saturated carbocycles. The van der Waals surface area contributed by atoms with Gasteiger partial charge in [-0.05, 0) is 32.9 Å². The summed E-state index contributed by atoms with van der Waals surface area (Å²) in [6.45, 7) is 5.02. The van der Waals surface area contributed by atoms with Gasteiger partial charge in [-0.2, -0.15) is 18.2 Å². The Morgan fingerprint density at radius 3 is 2.50 bits per heavy atom. The third-order valence-corrected chi connectivity index (χ3v) is 3.56. The lowest BCUT2D eigenvalue weighted by molar-refractivity contribution is -0.159. The molecule has 2 rings (SSSR count). The number of nitrogens with one attached hydrogen (secondary N) is 1. The number of carbonyl (C=O) groups is 2. The maximum Gasteiger partial charge on any atom is 0.471 e. The van der Waals surface area contributed by atoms with Crippen LogP contribution in [0.4, 0.5) is 13.2 Å². The fourth-order valence-corrected chi connectivity index (χ4v) is 2.04. The molecule has 0 radical (unpaired) electrons. The molecule has 1 heterocycles. The average molecular weight is 428 g/mol. The first-order valence-corrected chi connectivity index (χ1v) is 8.77. The quantitative estimate of drug-likeness (QED) is 0.390. The molecule has 0 saturated heterocycles. The number of oxime groups is 1. The summed E-state index contributed by atoms with van der Waals surface area (Å²) in [5, 5.41) is 9.62. The molecule has 1 atom stereocenters. The van der Waals surface area contributed by atoms with Crippen LogP contribution in [0.15, 0.2) is 33.9 Å². The molecule has 1 N–H and O–H groups in total. The maximum absolute atomic E-state index is 12.5. The Morgan fingerprint density at radius 1 is 1.27 bits per heavy atom. The van der Waals surface area contributed by atoms with E-state index in [1.165, 1.54) is 31.2 Å². The molecule has 0 aliphatic carbocycles. The van der Waals surface area contributed by atoms with E-state index in [0.717, 1.165) is 0 Å². The van der Waals surface area contributed by atoms with Crippen molar-refractivity contribution in [3.05, 3.63) is 35.7 Å². The van der Waals surface area contributed by atoms with Gasteiger partial charge in [0.2, 0.25) is 11.9 Å². The number of nitrogens with zero attached hydrogens (tertiary/aromatic N) is 3. The SMILES string of the molecule is CCOC(=O)[C@@H](C)ON=C(C)CNC(=O)c1ccc(-c2noc(C(F)(F)F)n2)cc1. The highest BCUT2D eigenvalue weighted by Gasteiger charge is 2.38. The maximum atomic E-state index is 12.5. The third-order valence-electron chi connectivity index (χ3n) is 3.56. The number of ether oxygens (including phenoxy) is 1. The minimum absolute atomic E-state index is 0.0515. The molecule has 9 nitrogen and oxygen atoms in total. The molecule has 0 aliphatic heterocycles. The summed E-state index contributed by atoms with van der Waals surface area (Å²) in [6.07, 6.45) is -5.62. The Balaban J connectivity index is 1.91. The Hall–Kier alpha value is -3.44. The van der Waals surface area contributed by atoms with E-state index in [2.05, 4.69) is 25.1 Å². The lowest BCUT2D eigenvalue weighted by atomic mass is 10.1. The monoisotopic (exact) mass is 428 g/mol. The summed E-state index contributed by atoms with van der Waals surface area (Å²) < 4.78 is 46.5. The zero-order valence-electron chi connectivity index (χ0n) is 16.3. The van der Waals surface area contributed by atoms with Gasteiger partial charge in [0.25, 0.3) is 5.91 Å². The summed E-state index contributed by atoms with van der Waals surface area (Å²) in [4.78, 5) is 31.9. The summed E-state index contributed by atoms with van der Waals surface area (Å²) in [5.74, 6) is -2.69. The van der Waals surface area contributed by atoms with Crippen molar-refractivity contribution in [2.24, 2.45) is 5.16 Å². The zero-order valence-corrected chi connectivity index (χ0v) is 16.3. The van der Waals surface area contributed by atoms with Crippen LogP contribution in [0.2, 0.25) is 0 Å². The van der Waals surface area contributed by atoms with Crippen molar-refractivity contribution in [2.45, 2.75) is 33.1 Å². The molecule has 0 aliphatic rings. The van der Waals surface area contributed by atoms with Crippen LogP contribution in [-0.2, 0) is 20.5 Å². The van der Waals surface area contributed by atoms with Gasteiger partial charge in [-0.3, -0.25) is 4.79 Å². The first-order chi connectivity index (χ1) is 14.1. The van der Waals surface area contributed by atoms with Crippen LogP contribution in [0, 0.1) is 0 Å². The van der Waals surface area contributed by atoms with E-state index < -0.39 is 30.0 Å². The molecule has 0 spiro atoms. The molecule has 1 amide bonds. The molecule has 12 heteroatoms. The van der Waals surface area contributed by atoms with Crippen molar-refractivity contribution in [1.82, 2.24) is 15.5 Å². The second-order valence-corrected chi connectivity index (χ2v) is 6.01. The third kappa shape index (κ3) is 6.29. The molecule has 30 heavy (non-hydrogen) atoms. The number of esters is 1. The number of halogens is 3. The molecular weight excluding hydrogens is 409 g/mol. The van der Waals surface area contributed by atoms with Crippen molar-refractivity contribution in [3.63, 3.8) is 0 Å². The lowest BCUT2D eigenvalue weighted by Crippen LogP contribution is -2.29. The van der Waals surface area contributed by atoms with Crippen molar-refractivity contribution in [2.75, 3.05) is 13.2 Å². The Bertz CT molecular complexity index is 909. The molecule has 1 aromatic carbocycles. The second-order valence-electron chi connectivity index (χ2n) is 6.01. The standard InChI is InChI=1S/C18H19F3N4O5/c1-4-28-16(27)11(3)29-24-10(2)9-22-15(26)13-7-5-12(6-8-13)14-23-17(30-25-14)18(19,20)21/h5-8,11H,4,9H2,1-3H3,(H,22,26)/t11-/m1/s1.